The molecule has 2 amide bonds. The lowest BCUT2D eigenvalue weighted by Gasteiger charge is -2.40. The van der Waals surface area contributed by atoms with Gasteiger partial charge in [-0.3, -0.25) is 14.6 Å². The maximum Gasteiger partial charge on any atom is 0.230 e. The van der Waals surface area contributed by atoms with Crippen LogP contribution < -0.4 is 15.4 Å². The molecule has 3 aliphatic heterocycles. The van der Waals surface area contributed by atoms with Crippen LogP contribution in [0.25, 0.3) is 0 Å². The van der Waals surface area contributed by atoms with Crippen LogP contribution in [-0.2, 0) is 25.6 Å². The molecule has 5 rings (SSSR count). The summed E-state index contributed by atoms with van der Waals surface area (Å²) in [5.74, 6) is -0.419. The minimum absolute atomic E-state index is 0.0544. The van der Waals surface area contributed by atoms with Crippen LogP contribution in [0.1, 0.15) is 42.7 Å². The zero-order chi connectivity index (χ0) is 24.2. The topological polar surface area (TPSA) is 119 Å². The van der Waals surface area contributed by atoms with Gasteiger partial charge in [0.15, 0.2) is 0 Å². The second-order valence-corrected chi connectivity index (χ2v) is 9.36. The zero-order valence-corrected chi connectivity index (χ0v) is 19.5. The number of fused-ring (bicyclic) bond motifs is 4. The molecule has 0 aliphatic carbocycles. The summed E-state index contributed by atoms with van der Waals surface area (Å²) in [5, 5.41) is 16.0. The third-order valence-corrected chi connectivity index (χ3v) is 6.97. The normalized spacial score (nSPS) is 26.3. The smallest absolute Gasteiger partial charge is 0.230 e. The van der Waals surface area contributed by atoms with Gasteiger partial charge >= 0.3 is 0 Å². The number of aliphatic hydroxyl groups is 1. The second kappa shape index (κ2) is 10.7. The van der Waals surface area contributed by atoms with Crippen molar-refractivity contribution in [3.8, 4) is 5.75 Å². The maximum absolute atomic E-state index is 13.1. The summed E-state index contributed by atoms with van der Waals surface area (Å²) >= 11 is 0. The van der Waals surface area contributed by atoms with Gasteiger partial charge in [-0.1, -0.05) is 6.07 Å². The number of aromatic nitrogens is 1. The number of nitrogens with one attached hydrogen (secondary N) is 2. The third kappa shape index (κ3) is 5.47. The first-order valence-corrected chi connectivity index (χ1v) is 12.2. The molecule has 1 aromatic carbocycles. The van der Waals surface area contributed by atoms with Crippen LogP contribution in [-0.4, -0.2) is 60.0 Å². The summed E-state index contributed by atoms with van der Waals surface area (Å²) in [6, 6.07) is 9.42. The van der Waals surface area contributed by atoms with Gasteiger partial charge in [-0.05, 0) is 36.2 Å². The van der Waals surface area contributed by atoms with Gasteiger partial charge in [-0.2, -0.15) is 0 Å². The molecule has 3 aliphatic rings. The summed E-state index contributed by atoms with van der Waals surface area (Å²) in [7, 11) is 0. The number of hydrogen-bond acceptors (Lipinski definition) is 7. The number of benzene rings is 1. The number of rotatable bonds is 7. The van der Waals surface area contributed by atoms with Gasteiger partial charge < -0.3 is 30.0 Å². The van der Waals surface area contributed by atoms with E-state index in [9.17, 15) is 14.7 Å². The summed E-state index contributed by atoms with van der Waals surface area (Å²) in [4.78, 5) is 29.9. The number of anilines is 1. The van der Waals surface area contributed by atoms with Crippen molar-refractivity contribution in [3.63, 3.8) is 0 Å². The Balaban J connectivity index is 1.33. The number of ether oxygens (including phenoxy) is 3. The molecular formula is C26H31N3O6. The molecule has 2 aromatic rings. The van der Waals surface area contributed by atoms with Crippen molar-refractivity contribution in [2.75, 3.05) is 25.1 Å². The predicted octanol–water partition coefficient (Wildman–Crippen LogP) is 2.15. The molecule has 186 valence electrons. The molecule has 0 radical (unpaired) electrons. The Morgan fingerprint density at radius 1 is 1.26 bits per heavy atom. The van der Waals surface area contributed by atoms with E-state index in [1.54, 1.807) is 12.4 Å². The Labute approximate surface area is 204 Å². The van der Waals surface area contributed by atoms with Crippen molar-refractivity contribution in [3.05, 3.63) is 53.9 Å². The Bertz CT molecular complexity index is 1040. The SMILES string of the molecule is O=C(C[C@@H]1C[C@@H]2c3cc(ccc3OC3CCOCC3)NC(=O)[C@@H]2[C@@H](CO)O1)NCc1cccnc1. The maximum atomic E-state index is 13.1. The van der Waals surface area contributed by atoms with E-state index < -0.39 is 18.1 Å². The van der Waals surface area contributed by atoms with E-state index in [-0.39, 0.29) is 36.9 Å². The molecule has 1 aromatic heterocycles. The van der Waals surface area contributed by atoms with Crippen LogP contribution >= 0.6 is 0 Å². The molecule has 0 unspecified atom stereocenters. The highest BCUT2D eigenvalue weighted by atomic mass is 16.5. The third-order valence-electron chi connectivity index (χ3n) is 6.97. The Kier molecular flexibility index (Phi) is 7.26. The Hall–Kier alpha value is -3.01. The van der Waals surface area contributed by atoms with Crippen molar-refractivity contribution in [1.29, 1.82) is 0 Å². The highest BCUT2D eigenvalue weighted by Crippen LogP contribution is 2.46. The lowest BCUT2D eigenvalue weighted by atomic mass is 9.76. The van der Waals surface area contributed by atoms with Crippen molar-refractivity contribution in [1.82, 2.24) is 10.3 Å². The number of nitrogens with zero attached hydrogens (tertiary/aromatic N) is 1. The number of pyridine rings is 1. The van der Waals surface area contributed by atoms with Gasteiger partial charge in [0.1, 0.15) is 11.9 Å². The van der Waals surface area contributed by atoms with E-state index in [0.29, 0.717) is 31.9 Å². The van der Waals surface area contributed by atoms with Gasteiger partial charge in [0.05, 0.1) is 44.4 Å². The molecule has 0 spiro atoms. The predicted molar refractivity (Wildman–Crippen MR) is 127 cm³/mol. The minimum Gasteiger partial charge on any atom is -0.490 e. The molecule has 2 bridgehead atoms. The van der Waals surface area contributed by atoms with Crippen LogP contribution in [0.4, 0.5) is 5.69 Å². The van der Waals surface area contributed by atoms with Crippen LogP contribution in [0.3, 0.4) is 0 Å². The highest BCUT2D eigenvalue weighted by molar-refractivity contribution is 5.95. The molecule has 2 fully saturated rings. The van der Waals surface area contributed by atoms with Crippen molar-refractivity contribution >= 4 is 17.5 Å². The van der Waals surface area contributed by atoms with Crippen LogP contribution in [0, 0.1) is 5.92 Å². The molecular weight excluding hydrogens is 450 g/mol. The van der Waals surface area contributed by atoms with Gasteiger partial charge in [-0.25, -0.2) is 0 Å². The van der Waals surface area contributed by atoms with Crippen molar-refractivity contribution in [2.45, 2.75) is 56.5 Å². The standard InChI is InChI=1S/C26H31N3O6/c30-15-23-25-21(11-19(35-23)12-24(31)28-14-16-2-1-7-27-13-16)20-10-17(29-26(25)32)3-4-22(20)34-18-5-8-33-9-6-18/h1-4,7,10,13,18-19,21,23,25,30H,5-6,8-9,11-12,14-15H2,(H,28,31)(H,29,32)/t19-,21+,23+,25-/m0/s1. The van der Waals surface area contributed by atoms with E-state index in [1.807, 2.05) is 30.3 Å². The van der Waals surface area contributed by atoms with Gasteiger partial charge in [0.25, 0.3) is 0 Å². The number of carbonyl (C=O) groups excluding carboxylic acids is 2. The molecule has 35 heavy (non-hydrogen) atoms. The first kappa shape index (κ1) is 23.7. The molecule has 9 nitrogen and oxygen atoms in total. The van der Waals surface area contributed by atoms with Gasteiger partial charge in [0, 0.05) is 48.9 Å². The fraction of sp³-hybridized carbons (Fsp3) is 0.500. The molecule has 0 saturated carbocycles. The van der Waals surface area contributed by atoms with E-state index in [2.05, 4.69) is 15.6 Å². The average molecular weight is 482 g/mol. The number of aliphatic hydroxyl groups excluding tert-OH is 1. The lowest BCUT2D eigenvalue weighted by Crippen LogP contribution is -2.48. The number of hydrogen-bond donors (Lipinski definition) is 3. The second-order valence-electron chi connectivity index (χ2n) is 9.36. The molecule has 9 heteroatoms. The molecule has 2 saturated heterocycles. The molecule has 4 atom stereocenters. The van der Waals surface area contributed by atoms with Crippen molar-refractivity contribution < 1.29 is 28.9 Å². The van der Waals surface area contributed by atoms with E-state index >= 15 is 0 Å². The molecule has 3 N–H and O–H groups in total. The van der Waals surface area contributed by atoms with E-state index in [4.69, 9.17) is 14.2 Å². The Morgan fingerprint density at radius 2 is 2.11 bits per heavy atom. The first-order valence-electron chi connectivity index (χ1n) is 12.2. The van der Waals surface area contributed by atoms with Crippen LogP contribution in [0.5, 0.6) is 5.75 Å². The quantitative estimate of drug-likeness (QED) is 0.554. The number of carbonyl (C=O) groups is 2. The minimum atomic E-state index is -0.713. The fourth-order valence-corrected chi connectivity index (χ4v) is 5.24. The summed E-state index contributed by atoms with van der Waals surface area (Å²) in [6.07, 6.45) is 4.54. The average Bonchev–Trinajstić information content (AvgIpc) is 2.99. The van der Waals surface area contributed by atoms with E-state index in [0.717, 1.165) is 29.7 Å². The van der Waals surface area contributed by atoms with Gasteiger partial charge in [-0.15, -0.1) is 0 Å². The zero-order valence-electron chi connectivity index (χ0n) is 19.5. The summed E-state index contributed by atoms with van der Waals surface area (Å²) < 4.78 is 17.9. The van der Waals surface area contributed by atoms with Crippen LogP contribution in [0.2, 0.25) is 0 Å². The molecule has 4 heterocycles. The fourth-order valence-electron chi connectivity index (χ4n) is 5.24. The first-order chi connectivity index (χ1) is 17.1. The van der Waals surface area contributed by atoms with Crippen molar-refractivity contribution in [2.24, 2.45) is 5.92 Å². The van der Waals surface area contributed by atoms with E-state index in [1.165, 1.54) is 0 Å². The van der Waals surface area contributed by atoms with Crippen LogP contribution in [0.15, 0.2) is 42.7 Å². The lowest BCUT2D eigenvalue weighted by molar-refractivity contribution is -0.148. The summed E-state index contributed by atoms with van der Waals surface area (Å²) in [6.45, 7) is 1.40. The highest BCUT2D eigenvalue weighted by Gasteiger charge is 2.46. The monoisotopic (exact) mass is 481 g/mol. The number of amides is 2. The summed E-state index contributed by atoms with van der Waals surface area (Å²) in [5.41, 5.74) is 2.52. The largest absolute Gasteiger partial charge is 0.490 e. The van der Waals surface area contributed by atoms with Gasteiger partial charge in [0.2, 0.25) is 11.8 Å². The Morgan fingerprint density at radius 3 is 2.89 bits per heavy atom.